The number of primary amides is 1. The summed E-state index contributed by atoms with van der Waals surface area (Å²) in [5, 5.41) is 20.2. The maximum atomic E-state index is 11.3. The van der Waals surface area contributed by atoms with E-state index < -0.39 is 11.9 Å². The molecule has 1 amide bonds. The first-order valence-electron chi connectivity index (χ1n) is 13.2. The molecule has 4 aromatic rings. The van der Waals surface area contributed by atoms with Crippen molar-refractivity contribution in [1.82, 2.24) is 24.6 Å². The van der Waals surface area contributed by atoms with Crippen molar-refractivity contribution in [3.63, 3.8) is 0 Å². The van der Waals surface area contributed by atoms with E-state index in [4.69, 9.17) is 16.2 Å². The van der Waals surface area contributed by atoms with Gasteiger partial charge in [-0.25, -0.2) is 19.3 Å². The second-order valence-electron chi connectivity index (χ2n) is 9.57. The number of allylic oxidation sites excluding steroid dienone is 4. The predicted molar refractivity (Wildman–Crippen MR) is 171 cm³/mol. The van der Waals surface area contributed by atoms with Crippen LogP contribution < -0.4 is 5.73 Å². The fourth-order valence-electron chi connectivity index (χ4n) is 3.53. The molecule has 0 saturated carbocycles. The summed E-state index contributed by atoms with van der Waals surface area (Å²) in [6, 6.07) is 6.78. The number of aromatic carboxylic acids is 1. The zero-order valence-corrected chi connectivity index (χ0v) is 24.8. The van der Waals surface area contributed by atoms with Gasteiger partial charge in [-0.1, -0.05) is 36.1 Å². The minimum absolute atomic E-state index is 0.212. The van der Waals surface area contributed by atoms with Gasteiger partial charge in [-0.2, -0.15) is 5.10 Å². The number of benzene rings is 1. The SMILES string of the molecule is C=C/C(=C\C(C#Cc1cnc2cc(C)cnn12)=C(C)C)C(N)=O.Cc1ccc(C(=O)O)cc1C#Cc1cnc(/C=C\C=N)[nH]1. The number of amides is 1. The highest BCUT2D eigenvalue weighted by molar-refractivity contribution is 5.95. The molecule has 10 heteroatoms. The molecular weight excluding hydrogens is 554 g/mol. The van der Waals surface area contributed by atoms with Crippen molar-refractivity contribution in [2.24, 2.45) is 5.73 Å². The average Bonchev–Trinajstić information content (AvgIpc) is 3.62. The molecule has 3 heterocycles. The van der Waals surface area contributed by atoms with Gasteiger partial charge in [0.1, 0.15) is 17.2 Å². The molecule has 3 aromatic heterocycles. The Morgan fingerprint density at radius 2 is 1.86 bits per heavy atom. The Morgan fingerprint density at radius 3 is 2.52 bits per heavy atom. The number of hydrogen-bond donors (Lipinski definition) is 4. The number of carboxylic acids is 1. The van der Waals surface area contributed by atoms with Crippen molar-refractivity contribution in [2.75, 3.05) is 0 Å². The van der Waals surface area contributed by atoms with Crippen molar-refractivity contribution in [3.8, 4) is 23.7 Å². The lowest BCUT2D eigenvalue weighted by Gasteiger charge is -1.99. The van der Waals surface area contributed by atoms with Gasteiger partial charge in [0.15, 0.2) is 5.65 Å². The Morgan fingerprint density at radius 1 is 1.09 bits per heavy atom. The van der Waals surface area contributed by atoms with Gasteiger partial charge in [-0.15, -0.1) is 0 Å². The number of hydrogen-bond acceptors (Lipinski definition) is 6. The molecule has 0 saturated heterocycles. The van der Waals surface area contributed by atoms with E-state index in [0.29, 0.717) is 33.9 Å². The molecule has 44 heavy (non-hydrogen) atoms. The number of nitrogens with two attached hydrogens (primary N) is 1. The number of carboxylic acid groups (broad SMARTS) is 1. The highest BCUT2D eigenvalue weighted by Gasteiger charge is 2.05. The number of aromatic amines is 1. The molecule has 0 aliphatic carbocycles. The van der Waals surface area contributed by atoms with Crippen LogP contribution in [0.2, 0.25) is 0 Å². The normalized spacial score (nSPS) is 10.5. The zero-order chi connectivity index (χ0) is 32.2. The Balaban J connectivity index is 0.000000241. The second-order valence-corrected chi connectivity index (χ2v) is 9.57. The van der Waals surface area contributed by atoms with E-state index in [0.717, 1.165) is 28.6 Å². The van der Waals surface area contributed by atoms with Crippen LogP contribution in [0.1, 0.15) is 58.1 Å². The molecule has 0 radical (unpaired) electrons. The number of nitrogens with zero attached hydrogens (tertiary/aromatic N) is 4. The van der Waals surface area contributed by atoms with E-state index in [1.165, 1.54) is 6.08 Å². The summed E-state index contributed by atoms with van der Waals surface area (Å²) in [6.45, 7) is 11.3. The van der Waals surface area contributed by atoms with Crippen molar-refractivity contribution in [2.45, 2.75) is 27.7 Å². The van der Waals surface area contributed by atoms with E-state index in [1.54, 1.807) is 59.5 Å². The molecule has 1 aromatic carbocycles. The minimum Gasteiger partial charge on any atom is -0.478 e. The quantitative estimate of drug-likeness (QED) is 0.110. The largest absolute Gasteiger partial charge is 0.478 e. The monoisotopic (exact) mass is 585 g/mol. The van der Waals surface area contributed by atoms with E-state index in [-0.39, 0.29) is 5.56 Å². The third-order valence-corrected chi connectivity index (χ3v) is 5.93. The Labute approximate surface area is 255 Å². The van der Waals surface area contributed by atoms with E-state index in [9.17, 15) is 9.59 Å². The first-order chi connectivity index (χ1) is 21.0. The van der Waals surface area contributed by atoms with Gasteiger partial charge < -0.3 is 21.2 Å². The van der Waals surface area contributed by atoms with Crippen molar-refractivity contribution in [3.05, 3.63) is 124 Å². The van der Waals surface area contributed by atoms with E-state index in [2.05, 4.69) is 50.3 Å². The van der Waals surface area contributed by atoms with Crippen molar-refractivity contribution >= 4 is 29.8 Å². The highest BCUT2D eigenvalue weighted by Crippen LogP contribution is 2.12. The number of nitrogens with one attached hydrogen (secondary N) is 2. The van der Waals surface area contributed by atoms with Gasteiger partial charge in [0.25, 0.3) is 0 Å². The number of carbonyl (C=O) groups is 2. The molecule has 5 N–H and O–H groups in total. The van der Waals surface area contributed by atoms with Gasteiger partial charge in [-0.05, 0) is 87.1 Å². The summed E-state index contributed by atoms with van der Waals surface area (Å²) in [5.74, 6) is 11.0. The molecule has 4 rings (SSSR count). The standard InChI is InChI=1S/C18H18N4O.C16H13N3O2/c1-5-14(18(19)23)9-15(12(2)3)6-7-16-11-20-17-8-13(4)10-21-22(16)17;1-11-4-5-13(16(20)21)9-12(11)6-7-14-10-18-15(19-14)3-2-8-17/h5,8-11H,1H2,2-4H3,(H2,19,23);2-5,8-10,17H,1H3,(H,18,19)(H,20,21)/b14-9+;3-2-,17-8?. The average molecular weight is 586 g/mol. The lowest BCUT2D eigenvalue weighted by molar-refractivity contribution is -0.114. The number of fused-ring (bicyclic) bond motifs is 1. The maximum Gasteiger partial charge on any atom is 0.335 e. The van der Waals surface area contributed by atoms with Gasteiger partial charge in [0.05, 0.1) is 24.2 Å². The molecule has 10 nitrogen and oxygen atoms in total. The first kappa shape index (κ1) is 32.3. The molecular formula is C34H31N7O3. The smallest absolute Gasteiger partial charge is 0.335 e. The van der Waals surface area contributed by atoms with Crippen LogP contribution in [0, 0.1) is 42.9 Å². The Kier molecular flexibility index (Phi) is 11.1. The fourth-order valence-corrected chi connectivity index (χ4v) is 3.53. The predicted octanol–water partition coefficient (Wildman–Crippen LogP) is 4.80. The zero-order valence-electron chi connectivity index (χ0n) is 24.8. The molecule has 0 bridgehead atoms. The molecule has 0 atom stereocenters. The van der Waals surface area contributed by atoms with Crippen LogP contribution in [0.5, 0.6) is 0 Å². The van der Waals surface area contributed by atoms with Crippen LogP contribution in [0.4, 0.5) is 0 Å². The van der Waals surface area contributed by atoms with Crippen LogP contribution in [-0.2, 0) is 4.79 Å². The van der Waals surface area contributed by atoms with Crippen molar-refractivity contribution < 1.29 is 14.7 Å². The summed E-state index contributed by atoms with van der Waals surface area (Å²) in [5.41, 5.74) is 12.2. The number of carbonyl (C=O) groups excluding carboxylic acids is 1. The number of aromatic nitrogens is 5. The first-order valence-corrected chi connectivity index (χ1v) is 13.2. The third-order valence-electron chi connectivity index (χ3n) is 5.93. The molecule has 0 fully saturated rings. The molecule has 0 spiro atoms. The summed E-state index contributed by atoms with van der Waals surface area (Å²) >= 11 is 0. The van der Waals surface area contributed by atoms with Gasteiger partial charge in [0, 0.05) is 22.9 Å². The molecule has 0 aliphatic heterocycles. The van der Waals surface area contributed by atoms with Crippen LogP contribution in [0.25, 0.3) is 11.7 Å². The second kappa shape index (κ2) is 15.1. The van der Waals surface area contributed by atoms with Gasteiger partial charge in [0.2, 0.25) is 5.91 Å². The summed E-state index contributed by atoms with van der Waals surface area (Å²) < 4.78 is 1.68. The Hall–Kier alpha value is -6.26. The topological polar surface area (TPSA) is 163 Å². The Bertz CT molecular complexity index is 1960. The van der Waals surface area contributed by atoms with E-state index >= 15 is 0 Å². The third kappa shape index (κ3) is 8.87. The van der Waals surface area contributed by atoms with Crippen LogP contribution in [-0.4, -0.2) is 47.8 Å². The molecule has 0 aliphatic rings. The number of rotatable bonds is 6. The van der Waals surface area contributed by atoms with Crippen molar-refractivity contribution in [1.29, 1.82) is 5.41 Å². The number of H-pyrrole nitrogens is 1. The van der Waals surface area contributed by atoms with Gasteiger partial charge >= 0.3 is 5.97 Å². The lowest BCUT2D eigenvalue weighted by Crippen LogP contribution is -2.12. The minimum atomic E-state index is -0.973. The maximum absolute atomic E-state index is 11.3. The van der Waals surface area contributed by atoms with Crippen LogP contribution in [0.15, 0.2) is 84.4 Å². The van der Waals surface area contributed by atoms with Gasteiger partial charge in [-0.3, -0.25) is 4.79 Å². The molecule has 0 unspecified atom stereocenters. The lowest BCUT2D eigenvalue weighted by atomic mass is 10.1. The summed E-state index contributed by atoms with van der Waals surface area (Å²) in [7, 11) is 0. The van der Waals surface area contributed by atoms with Crippen LogP contribution >= 0.6 is 0 Å². The molecule has 220 valence electrons. The number of imidazole rings is 2. The number of aryl methyl sites for hydroxylation is 2. The fraction of sp³-hybridized carbons (Fsp3) is 0.118. The highest BCUT2D eigenvalue weighted by atomic mass is 16.4. The van der Waals surface area contributed by atoms with Crippen LogP contribution in [0.3, 0.4) is 0 Å². The summed E-state index contributed by atoms with van der Waals surface area (Å²) in [4.78, 5) is 33.6. The summed E-state index contributed by atoms with van der Waals surface area (Å²) in [6.07, 6.45) is 12.4. The van der Waals surface area contributed by atoms with E-state index in [1.807, 2.05) is 33.8 Å².